The molecule has 2 unspecified atom stereocenters. The number of carbonyl (C=O) groups excluding carboxylic acids is 4. The maximum atomic E-state index is 16.0. The van der Waals surface area contributed by atoms with Gasteiger partial charge in [0.2, 0.25) is 5.88 Å². The van der Waals surface area contributed by atoms with E-state index >= 15 is 4.79 Å². The number of rotatable bonds is 27. The molecule has 3 amide bonds. The van der Waals surface area contributed by atoms with Crippen LogP contribution in [0.15, 0.2) is 127 Å². The van der Waals surface area contributed by atoms with Gasteiger partial charge in [-0.3, -0.25) is 40.9 Å². The zero-order chi connectivity index (χ0) is 63.1. The number of aryl methyl sites for hydroxylation is 1. The molecule has 2 atom stereocenters. The highest BCUT2D eigenvalue weighted by molar-refractivity contribution is 6.37. The van der Waals surface area contributed by atoms with Crippen molar-refractivity contribution in [1.29, 1.82) is 0 Å². The molecule has 1 aliphatic carbocycles. The molecule has 27 nitrogen and oxygen atoms in total. The normalized spacial score (nSPS) is 15.5. The van der Waals surface area contributed by atoms with Gasteiger partial charge in [-0.15, -0.1) is 0 Å². The standard InChI is InChI=1S/C60H63Cl2N7O20/c1-37-25-51(61)55(52(62)26-37)81-24-23-80-46-17-13-42(14-18-46)50-30-45-32-64(58(71)87-47-10-3-7-39(27-47)34-84-67(74)75)33-53(66(45)59(72)88-48-11-4-8-40(28-48)35-85-68(76)77)54(50)57(70)65(44-15-16-44)31-43-19-20-63-56(38(43)2)82-21-6-22-83-60(73)89-49-12-5-9-41(29-49)36-86-69(78)79/h3-5,7-14,17-20,25-29,44-45,53,74-79H,6,15-16,21-24,30-36H2,1-2H3. The molecule has 89 heavy (non-hydrogen) atoms. The van der Waals surface area contributed by atoms with Crippen LogP contribution in [-0.4, -0.2) is 149 Å². The van der Waals surface area contributed by atoms with Crippen molar-refractivity contribution in [2.75, 3.05) is 39.5 Å². The second-order valence-corrected chi connectivity index (χ2v) is 21.4. The van der Waals surface area contributed by atoms with E-state index in [-0.39, 0.29) is 113 Å². The van der Waals surface area contributed by atoms with E-state index in [4.69, 9.17) is 86.9 Å². The summed E-state index contributed by atoms with van der Waals surface area (Å²) in [5.41, 5.74) is 4.94. The van der Waals surface area contributed by atoms with E-state index in [2.05, 4.69) is 9.82 Å². The first-order valence-electron chi connectivity index (χ1n) is 27.8. The Bertz CT molecular complexity index is 3460. The lowest BCUT2D eigenvalue weighted by Gasteiger charge is -2.50. The molecule has 1 aromatic heterocycles. The fourth-order valence-electron chi connectivity index (χ4n) is 10.0. The Balaban J connectivity index is 0.987. The smallest absolute Gasteiger partial charge is 0.490 e. The molecule has 5 aromatic carbocycles. The minimum absolute atomic E-state index is 0.0373. The van der Waals surface area contributed by atoms with Gasteiger partial charge in [0.25, 0.3) is 5.91 Å². The molecule has 3 aliphatic rings. The number of ether oxygens (including phenoxy) is 7. The number of nitrogens with zero attached hydrogens (tertiary/aromatic N) is 7. The van der Waals surface area contributed by atoms with Crippen LogP contribution in [0.1, 0.15) is 64.6 Å². The summed E-state index contributed by atoms with van der Waals surface area (Å²) in [5, 5.41) is 53.8. The van der Waals surface area contributed by atoms with Gasteiger partial charge in [0.1, 0.15) is 36.2 Å². The molecule has 29 heteroatoms. The SMILES string of the molecule is Cc1cc(Cl)c(OCCOc2ccc(C3=C(C(=O)N(Cc4ccnc(OCCCOC(=O)Oc5cccc(CON(O)O)c5)c4C)C4CC4)C4CN(C(=O)Oc5cccc(CON(O)O)c5)CC(C3)N4C(=O)Oc3cccc(CON(O)O)c3)cc2)c(Cl)c1. The summed E-state index contributed by atoms with van der Waals surface area (Å²) in [4.78, 5) is 81.1. The molecule has 472 valence electrons. The van der Waals surface area contributed by atoms with Crippen molar-refractivity contribution >= 4 is 53.0 Å². The second-order valence-electron chi connectivity index (χ2n) is 20.6. The summed E-state index contributed by atoms with van der Waals surface area (Å²) >= 11 is 12.8. The minimum atomic E-state index is -1.16. The van der Waals surface area contributed by atoms with E-state index in [1.807, 2.05) is 19.1 Å². The van der Waals surface area contributed by atoms with Crippen molar-refractivity contribution < 1.29 is 98.1 Å². The lowest BCUT2D eigenvalue weighted by atomic mass is 9.81. The molecule has 3 heterocycles. The largest absolute Gasteiger partial charge is 0.513 e. The van der Waals surface area contributed by atoms with Crippen LogP contribution < -0.4 is 28.4 Å². The fourth-order valence-corrected chi connectivity index (χ4v) is 10.7. The molecule has 0 spiro atoms. The summed E-state index contributed by atoms with van der Waals surface area (Å²) in [5.74, 6) is 0.961. The van der Waals surface area contributed by atoms with Gasteiger partial charge in [0.05, 0.1) is 71.3 Å². The summed E-state index contributed by atoms with van der Waals surface area (Å²) in [6.07, 6.45) is 0.528. The molecule has 2 bridgehead atoms. The number of halogens is 2. The van der Waals surface area contributed by atoms with Crippen molar-refractivity contribution in [3.63, 3.8) is 0 Å². The van der Waals surface area contributed by atoms with Gasteiger partial charge >= 0.3 is 18.3 Å². The number of carbonyl (C=O) groups is 4. The topological polar surface area (TPSA) is 314 Å². The molecular weight excluding hydrogens is 1210 g/mol. The maximum Gasteiger partial charge on any atom is 0.513 e. The van der Waals surface area contributed by atoms with Crippen molar-refractivity contribution in [3.8, 4) is 34.6 Å². The third kappa shape index (κ3) is 18.2. The van der Waals surface area contributed by atoms with Crippen molar-refractivity contribution in [2.24, 2.45) is 0 Å². The molecule has 1 saturated heterocycles. The molecule has 2 aliphatic heterocycles. The number of fused-ring (bicyclic) bond motifs is 2. The monoisotopic (exact) mass is 1270 g/mol. The number of piperazine rings is 1. The van der Waals surface area contributed by atoms with Crippen LogP contribution in [-0.2, 0) is 50.4 Å². The van der Waals surface area contributed by atoms with Gasteiger partial charge in [-0.1, -0.05) is 71.7 Å². The Morgan fingerprint density at radius 3 is 1.75 bits per heavy atom. The van der Waals surface area contributed by atoms with Crippen molar-refractivity contribution in [2.45, 2.75) is 84.0 Å². The number of benzene rings is 5. The van der Waals surface area contributed by atoms with Gasteiger partial charge in [-0.05, 0) is 139 Å². The third-order valence-corrected chi connectivity index (χ3v) is 14.8. The van der Waals surface area contributed by atoms with Crippen LogP contribution in [0.4, 0.5) is 14.4 Å². The maximum absolute atomic E-state index is 16.0. The highest BCUT2D eigenvalue weighted by Crippen LogP contribution is 2.43. The van der Waals surface area contributed by atoms with Crippen LogP contribution in [0.25, 0.3) is 5.57 Å². The van der Waals surface area contributed by atoms with Crippen molar-refractivity contribution in [3.05, 3.63) is 176 Å². The average molecular weight is 1270 g/mol. The first-order chi connectivity index (χ1) is 42.8. The van der Waals surface area contributed by atoms with Gasteiger partial charge in [-0.25, -0.2) is 33.9 Å². The highest BCUT2D eigenvalue weighted by atomic mass is 35.5. The van der Waals surface area contributed by atoms with Crippen LogP contribution in [0.3, 0.4) is 0 Å². The number of pyridine rings is 1. The first-order valence-corrected chi connectivity index (χ1v) is 28.5. The predicted molar refractivity (Wildman–Crippen MR) is 308 cm³/mol. The Hall–Kier alpha value is -8.23. The third-order valence-electron chi connectivity index (χ3n) is 14.2. The Morgan fingerprint density at radius 1 is 0.618 bits per heavy atom. The first kappa shape index (κ1) is 65.2. The summed E-state index contributed by atoms with van der Waals surface area (Å²) in [6.45, 7) is 2.85. The van der Waals surface area contributed by atoms with E-state index in [0.717, 1.165) is 5.56 Å². The summed E-state index contributed by atoms with van der Waals surface area (Å²) < 4.78 is 40.5. The molecule has 6 N–H and O–H groups in total. The number of hydrogen-bond donors (Lipinski definition) is 6. The van der Waals surface area contributed by atoms with Gasteiger partial charge < -0.3 is 43.0 Å². The second kappa shape index (κ2) is 30.8. The minimum Gasteiger partial charge on any atom is -0.490 e. The van der Waals surface area contributed by atoms with E-state index in [9.17, 15) is 24.8 Å². The molecule has 2 fully saturated rings. The molecule has 1 saturated carbocycles. The number of amides is 3. The molecule has 6 aromatic rings. The Labute approximate surface area is 519 Å². The quantitative estimate of drug-likeness (QED) is 0.0121. The Morgan fingerprint density at radius 2 is 1.18 bits per heavy atom. The van der Waals surface area contributed by atoms with E-state index < -0.39 is 52.5 Å². The molecule has 9 rings (SSSR count). The average Bonchev–Trinajstić information content (AvgIpc) is 1.84. The van der Waals surface area contributed by atoms with Crippen molar-refractivity contribution in [1.82, 2.24) is 35.9 Å². The molecule has 0 radical (unpaired) electrons. The van der Waals surface area contributed by atoms with Crippen LogP contribution in [0.2, 0.25) is 10.0 Å². The van der Waals surface area contributed by atoms with Gasteiger partial charge in [0, 0.05) is 49.4 Å². The molecular formula is C60H63Cl2N7O20. The lowest BCUT2D eigenvalue weighted by molar-refractivity contribution is -0.497. The van der Waals surface area contributed by atoms with Crippen LogP contribution >= 0.6 is 23.2 Å². The van der Waals surface area contributed by atoms with Gasteiger partial charge in [-0.2, -0.15) is 0 Å². The summed E-state index contributed by atoms with van der Waals surface area (Å²) in [7, 11) is 0. The highest BCUT2D eigenvalue weighted by Gasteiger charge is 2.50. The number of aromatic nitrogens is 1. The lowest BCUT2D eigenvalue weighted by Crippen LogP contribution is -2.66. The zero-order valence-corrected chi connectivity index (χ0v) is 49.5. The summed E-state index contributed by atoms with van der Waals surface area (Å²) in [6, 6.07) is 28.7. The zero-order valence-electron chi connectivity index (χ0n) is 48.0. The van der Waals surface area contributed by atoms with E-state index in [1.165, 1.54) is 46.2 Å². The van der Waals surface area contributed by atoms with Crippen LogP contribution in [0.5, 0.6) is 34.6 Å². The van der Waals surface area contributed by atoms with E-state index in [0.29, 0.717) is 73.3 Å². The fraction of sp³-hybridized carbons (Fsp3) is 0.317. The number of hydrogen-bond acceptors (Lipinski definition) is 24. The Kier molecular flexibility index (Phi) is 22.6. The van der Waals surface area contributed by atoms with Crippen LogP contribution in [0, 0.1) is 13.8 Å². The van der Waals surface area contributed by atoms with Gasteiger partial charge in [0.15, 0.2) is 5.75 Å². The predicted octanol–water partition coefficient (Wildman–Crippen LogP) is 10.1. The van der Waals surface area contributed by atoms with E-state index in [1.54, 1.807) is 84.8 Å².